The van der Waals surface area contributed by atoms with E-state index in [0.717, 1.165) is 16.7 Å². The fraction of sp³-hybridized carbons (Fsp3) is 0.395. The number of azide groups is 1. The summed E-state index contributed by atoms with van der Waals surface area (Å²) < 4.78 is 48.3. The van der Waals surface area contributed by atoms with E-state index in [9.17, 15) is 30.4 Å². The smallest absolute Gasteiger partial charge is 0.407 e. The zero-order chi connectivity index (χ0) is 42.1. The molecule has 318 valence electrons. The van der Waals surface area contributed by atoms with E-state index in [2.05, 4.69) is 15.3 Å². The quantitative estimate of drug-likeness (QED) is 0.0413. The summed E-state index contributed by atoms with van der Waals surface area (Å²) in [5.41, 5.74) is 12.9. The van der Waals surface area contributed by atoms with Gasteiger partial charge in [-0.25, -0.2) is 9.59 Å². The molecule has 6 rings (SSSR count). The van der Waals surface area contributed by atoms with Gasteiger partial charge in [-0.2, -0.15) is 0 Å². The van der Waals surface area contributed by atoms with Crippen LogP contribution in [0.4, 0.5) is 4.79 Å². The minimum Gasteiger partial charge on any atom is -0.479 e. The second kappa shape index (κ2) is 22.8. The van der Waals surface area contributed by atoms with Gasteiger partial charge in [0.15, 0.2) is 18.7 Å². The average molecular weight is 829 g/mol. The summed E-state index contributed by atoms with van der Waals surface area (Å²) in [7, 11) is 0. The van der Waals surface area contributed by atoms with Gasteiger partial charge in [0, 0.05) is 11.5 Å². The lowest BCUT2D eigenvalue weighted by Gasteiger charge is -2.48. The number of hydrogen-bond donors (Lipinski definition) is 4. The van der Waals surface area contributed by atoms with Gasteiger partial charge in [-0.3, -0.25) is 0 Å². The van der Waals surface area contributed by atoms with Crippen molar-refractivity contribution in [2.75, 3.05) is 19.8 Å². The first-order valence-corrected chi connectivity index (χ1v) is 19.4. The Kier molecular flexibility index (Phi) is 16.8. The summed E-state index contributed by atoms with van der Waals surface area (Å²) in [5.74, 6) is -1.49. The number of aliphatic hydroxyl groups excluding tert-OH is 2. The highest BCUT2D eigenvalue weighted by molar-refractivity contribution is 5.73. The summed E-state index contributed by atoms with van der Waals surface area (Å²) in [4.78, 5) is 28.3. The summed E-state index contributed by atoms with van der Waals surface area (Å²) in [6.45, 7) is -0.766. The third-order valence-electron chi connectivity index (χ3n) is 9.75. The molecule has 2 aliphatic heterocycles. The molecule has 2 aliphatic rings. The molecule has 17 nitrogen and oxygen atoms in total. The van der Waals surface area contributed by atoms with E-state index in [4.69, 9.17) is 37.9 Å². The van der Waals surface area contributed by atoms with Crippen molar-refractivity contribution in [2.45, 2.75) is 87.8 Å². The van der Waals surface area contributed by atoms with Gasteiger partial charge in [0.1, 0.15) is 49.3 Å². The van der Waals surface area contributed by atoms with E-state index in [-0.39, 0.29) is 39.6 Å². The SMILES string of the molecule is [N-]=[N+]=N[C@H]1[C@@H](O[C@H]2[C@H](OCc3ccccc3)[C@@H](O)[C@H](OCCNC(=O)OCc3ccccc3)O[C@H]2C(=O)O)O[C@H](CO)[C@@H](OCc2ccccc2)[C@@H]1OCc1ccccc1. The molecule has 0 bridgehead atoms. The predicted molar refractivity (Wildman–Crippen MR) is 211 cm³/mol. The number of rotatable bonds is 20. The van der Waals surface area contributed by atoms with Crippen molar-refractivity contribution < 1.29 is 62.8 Å². The number of carboxylic acid groups (broad SMARTS) is 1. The van der Waals surface area contributed by atoms with Crippen molar-refractivity contribution in [3.63, 3.8) is 0 Å². The molecule has 2 heterocycles. The third-order valence-corrected chi connectivity index (χ3v) is 9.75. The Morgan fingerprint density at radius 1 is 0.667 bits per heavy atom. The zero-order valence-corrected chi connectivity index (χ0v) is 32.5. The molecule has 17 heteroatoms. The average Bonchev–Trinajstić information content (AvgIpc) is 3.28. The van der Waals surface area contributed by atoms with Crippen LogP contribution < -0.4 is 5.32 Å². The second-order valence-electron chi connectivity index (χ2n) is 13.9. The number of carbonyl (C=O) groups is 2. The molecule has 60 heavy (non-hydrogen) atoms. The molecule has 0 aromatic heterocycles. The number of amides is 1. The summed E-state index contributed by atoms with van der Waals surface area (Å²) in [6.07, 6.45) is -13.6. The monoisotopic (exact) mass is 828 g/mol. The highest BCUT2D eigenvalue weighted by atomic mass is 16.7. The fourth-order valence-corrected chi connectivity index (χ4v) is 6.79. The van der Waals surface area contributed by atoms with Crippen molar-refractivity contribution >= 4 is 12.1 Å². The van der Waals surface area contributed by atoms with Gasteiger partial charge in [-0.15, -0.1) is 0 Å². The number of aliphatic carboxylic acids is 1. The van der Waals surface area contributed by atoms with Crippen molar-refractivity contribution in [1.29, 1.82) is 0 Å². The Hall–Kier alpha value is -5.43. The van der Waals surface area contributed by atoms with Gasteiger partial charge in [-0.1, -0.05) is 126 Å². The topological polar surface area (TPSA) is 229 Å². The van der Waals surface area contributed by atoms with E-state index in [1.807, 2.05) is 97.1 Å². The highest BCUT2D eigenvalue weighted by Gasteiger charge is 2.55. The Labute approximate surface area is 346 Å². The van der Waals surface area contributed by atoms with Crippen LogP contribution in [0.25, 0.3) is 10.4 Å². The number of aliphatic hydroxyl groups is 2. The Morgan fingerprint density at radius 3 is 1.67 bits per heavy atom. The molecule has 0 saturated carbocycles. The van der Waals surface area contributed by atoms with Crippen LogP contribution in [0, 0.1) is 0 Å². The molecular weight excluding hydrogens is 780 g/mol. The lowest BCUT2D eigenvalue weighted by molar-refractivity contribution is -0.348. The van der Waals surface area contributed by atoms with Crippen molar-refractivity contribution in [2.24, 2.45) is 5.11 Å². The normalized spacial score (nSPS) is 26.4. The van der Waals surface area contributed by atoms with Gasteiger partial charge >= 0.3 is 12.1 Å². The first kappa shape index (κ1) is 44.1. The first-order chi connectivity index (χ1) is 29.3. The van der Waals surface area contributed by atoms with E-state index < -0.39 is 80.0 Å². The van der Waals surface area contributed by atoms with Crippen molar-refractivity contribution in [1.82, 2.24) is 5.32 Å². The third kappa shape index (κ3) is 12.3. The van der Waals surface area contributed by atoms with Gasteiger partial charge in [0.05, 0.1) is 33.0 Å². The van der Waals surface area contributed by atoms with E-state index in [1.165, 1.54) is 0 Å². The molecule has 0 unspecified atom stereocenters. The van der Waals surface area contributed by atoms with E-state index >= 15 is 0 Å². The van der Waals surface area contributed by atoms with Gasteiger partial charge in [0.25, 0.3) is 0 Å². The molecule has 2 saturated heterocycles. The Bertz CT molecular complexity index is 1950. The number of nitrogens with one attached hydrogen (secondary N) is 1. The van der Waals surface area contributed by atoms with Crippen molar-refractivity contribution in [3.8, 4) is 0 Å². The second-order valence-corrected chi connectivity index (χ2v) is 13.9. The number of alkyl carbamates (subject to hydrolysis) is 1. The fourth-order valence-electron chi connectivity index (χ4n) is 6.79. The maximum atomic E-state index is 12.9. The molecule has 0 radical (unpaired) electrons. The predicted octanol–water partition coefficient (Wildman–Crippen LogP) is 4.64. The van der Waals surface area contributed by atoms with Crippen LogP contribution in [0.15, 0.2) is 126 Å². The summed E-state index contributed by atoms with van der Waals surface area (Å²) in [5, 5.41) is 39.4. The van der Waals surface area contributed by atoms with Gasteiger partial charge < -0.3 is 58.5 Å². The first-order valence-electron chi connectivity index (χ1n) is 19.4. The lowest BCUT2D eigenvalue weighted by Crippen LogP contribution is -2.66. The molecule has 0 spiro atoms. The number of benzene rings is 4. The molecular formula is C43H48N4O13. The minimum atomic E-state index is -1.83. The molecule has 2 fully saturated rings. The molecule has 10 atom stereocenters. The van der Waals surface area contributed by atoms with Crippen LogP contribution in [0.2, 0.25) is 0 Å². The minimum absolute atomic E-state index is 0.0451. The Balaban J connectivity index is 1.21. The molecule has 4 N–H and O–H groups in total. The molecule has 4 aromatic carbocycles. The zero-order valence-electron chi connectivity index (χ0n) is 32.5. The van der Waals surface area contributed by atoms with E-state index in [1.54, 1.807) is 24.3 Å². The number of carboxylic acids is 1. The largest absolute Gasteiger partial charge is 0.479 e. The number of hydrogen-bond acceptors (Lipinski definition) is 13. The lowest BCUT2D eigenvalue weighted by atomic mass is 9.95. The van der Waals surface area contributed by atoms with Gasteiger partial charge in [0.2, 0.25) is 0 Å². The van der Waals surface area contributed by atoms with Crippen LogP contribution in [0.1, 0.15) is 22.3 Å². The molecule has 0 aliphatic carbocycles. The maximum absolute atomic E-state index is 12.9. The summed E-state index contributed by atoms with van der Waals surface area (Å²) in [6, 6.07) is 35.2. The van der Waals surface area contributed by atoms with E-state index in [0.29, 0.717) is 5.56 Å². The Morgan fingerprint density at radius 2 is 1.17 bits per heavy atom. The summed E-state index contributed by atoms with van der Waals surface area (Å²) >= 11 is 0. The standard InChI is InChI=1S/C43H48N4O13/c44-47-46-33-36(55-25-29-15-7-2-8-16-29)35(54-24-28-13-5-1-6-14-28)32(23-48)58-41(33)59-38-37(56-26-30-17-9-3-10-18-30)34(49)42(60-39(38)40(50)51)53-22-21-45-43(52)57-27-31-19-11-4-12-20-31/h1-20,32-39,41-42,48-49H,21-27H2,(H,45,52)(H,50,51)/t32-,33-,34-,35-,36-,37-,38+,39-,41-,42-/m1/s1. The van der Waals surface area contributed by atoms with Crippen LogP contribution in [0.3, 0.4) is 0 Å². The van der Waals surface area contributed by atoms with Crippen LogP contribution in [0.5, 0.6) is 0 Å². The number of ether oxygens (including phenoxy) is 8. The van der Waals surface area contributed by atoms with Crippen LogP contribution in [-0.2, 0) is 69.1 Å². The van der Waals surface area contributed by atoms with Gasteiger partial charge in [-0.05, 0) is 27.8 Å². The maximum Gasteiger partial charge on any atom is 0.407 e. The number of carbonyl (C=O) groups excluding carboxylic acids is 1. The van der Waals surface area contributed by atoms with Crippen LogP contribution >= 0.6 is 0 Å². The number of nitrogens with zero attached hydrogens (tertiary/aromatic N) is 3. The highest BCUT2D eigenvalue weighted by Crippen LogP contribution is 2.35. The van der Waals surface area contributed by atoms with Crippen molar-refractivity contribution in [3.05, 3.63) is 154 Å². The van der Waals surface area contributed by atoms with Crippen LogP contribution in [-0.4, -0.2) is 108 Å². The molecule has 1 amide bonds. The molecule has 4 aromatic rings.